The number of benzene rings is 2. The fourth-order valence-electron chi connectivity index (χ4n) is 2.22. The molecule has 0 amide bonds. The molecule has 142 valence electrons. The van der Waals surface area contributed by atoms with Gasteiger partial charge in [-0.2, -0.15) is 0 Å². The fourth-order valence-corrected chi connectivity index (χ4v) is 2.22. The molecule has 2 N–H and O–H groups in total. The number of hydrogen-bond donors (Lipinski definition) is 2. The van der Waals surface area contributed by atoms with E-state index >= 15 is 0 Å². The molecule has 0 aliphatic carbocycles. The second kappa shape index (κ2) is 12.5. The van der Waals surface area contributed by atoms with Crippen LogP contribution in [0.2, 0.25) is 0 Å². The Labute approximate surface area is 171 Å². The lowest BCUT2D eigenvalue weighted by molar-refractivity contribution is 0.146. The van der Waals surface area contributed by atoms with Crippen molar-refractivity contribution in [3.63, 3.8) is 0 Å². The van der Waals surface area contributed by atoms with E-state index in [0.29, 0.717) is 37.8 Å². The molecule has 0 fully saturated rings. The van der Waals surface area contributed by atoms with Crippen molar-refractivity contribution in [3.05, 3.63) is 65.5 Å². The van der Waals surface area contributed by atoms with Crippen LogP contribution < -0.4 is 15.4 Å². The Kier molecular flexibility index (Phi) is 10.6. The van der Waals surface area contributed by atoms with Crippen molar-refractivity contribution in [1.29, 1.82) is 0 Å². The minimum atomic E-state index is -0.230. The summed E-state index contributed by atoms with van der Waals surface area (Å²) < 4.78 is 24.2. The molecule has 0 saturated carbocycles. The third-order valence-corrected chi connectivity index (χ3v) is 3.54. The van der Waals surface area contributed by atoms with Crippen LogP contribution in [0.15, 0.2) is 53.5 Å². The van der Waals surface area contributed by atoms with Crippen molar-refractivity contribution >= 4 is 29.9 Å². The maximum Gasteiger partial charge on any atom is 0.191 e. The van der Waals surface area contributed by atoms with E-state index in [9.17, 15) is 4.39 Å². The van der Waals surface area contributed by atoms with Crippen molar-refractivity contribution in [2.45, 2.75) is 13.1 Å². The Bertz CT molecular complexity index is 698. The molecule has 0 atom stereocenters. The number of methoxy groups -OCH3 is 1. The molecule has 0 radical (unpaired) electrons. The van der Waals surface area contributed by atoms with Crippen LogP contribution in [0, 0.1) is 5.82 Å². The quantitative estimate of drug-likeness (QED) is 0.267. The molecule has 7 heteroatoms. The summed E-state index contributed by atoms with van der Waals surface area (Å²) in [6, 6.07) is 14.5. The largest absolute Gasteiger partial charge is 0.491 e. The van der Waals surface area contributed by atoms with Gasteiger partial charge in [-0.25, -0.2) is 4.39 Å². The second-order valence-electron chi connectivity index (χ2n) is 5.36. The molecule has 26 heavy (non-hydrogen) atoms. The molecular weight excluding hydrogens is 448 g/mol. The smallest absolute Gasteiger partial charge is 0.191 e. The molecule has 2 aromatic carbocycles. The molecule has 5 nitrogen and oxygen atoms in total. The molecule has 0 aromatic heterocycles. The number of nitrogens with zero attached hydrogens (tertiary/aromatic N) is 1. The van der Waals surface area contributed by atoms with E-state index in [1.165, 1.54) is 6.07 Å². The van der Waals surface area contributed by atoms with Crippen LogP contribution in [0.25, 0.3) is 0 Å². The summed E-state index contributed by atoms with van der Waals surface area (Å²) in [5.41, 5.74) is 1.66. The van der Waals surface area contributed by atoms with E-state index in [4.69, 9.17) is 9.47 Å². The van der Waals surface area contributed by atoms with Gasteiger partial charge in [0.2, 0.25) is 0 Å². The highest BCUT2D eigenvalue weighted by molar-refractivity contribution is 14.0. The van der Waals surface area contributed by atoms with E-state index < -0.39 is 0 Å². The van der Waals surface area contributed by atoms with E-state index in [1.807, 2.05) is 30.3 Å². The zero-order chi connectivity index (χ0) is 17.9. The van der Waals surface area contributed by atoms with Crippen molar-refractivity contribution in [2.75, 3.05) is 27.4 Å². The molecule has 0 saturated heterocycles. The Morgan fingerprint density at radius 3 is 2.54 bits per heavy atom. The zero-order valence-electron chi connectivity index (χ0n) is 15.0. The number of hydrogen-bond acceptors (Lipinski definition) is 3. The maximum absolute atomic E-state index is 13.6. The number of ether oxygens (including phenoxy) is 2. The lowest BCUT2D eigenvalue weighted by Gasteiger charge is -2.13. The second-order valence-corrected chi connectivity index (χ2v) is 5.36. The highest BCUT2D eigenvalue weighted by Crippen LogP contribution is 2.13. The van der Waals surface area contributed by atoms with Crippen molar-refractivity contribution in [2.24, 2.45) is 4.99 Å². The monoisotopic (exact) mass is 473 g/mol. The van der Waals surface area contributed by atoms with E-state index in [0.717, 1.165) is 11.3 Å². The number of halogens is 2. The fraction of sp³-hybridized carbons (Fsp3) is 0.316. The summed E-state index contributed by atoms with van der Waals surface area (Å²) in [6.07, 6.45) is 0. The van der Waals surface area contributed by atoms with Crippen LogP contribution in [0.3, 0.4) is 0 Å². The molecule has 2 aromatic rings. The Morgan fingerprint density at radius 1 is 1.04 bits per heavy atom. The number of guanidine groups is 1. The first-order valence-corrected chi connectivity index (χ1v) is 8.11. The molecular formula is C19H25FIN3O2. The van der Waals surface area contributed by atoms with E-state index in [2.05, 4.69) is 15.6 Å². The molecule has 0 heterocycles. The van der Waals surface area contributed by atoms with Gasteiger partial charge >= 0.3 is 0 Å². The summed E-state index contributed by atoms with van der Waals surface area (Å²) in [4.78, 5) is 4.16. The Balaban J connectivity index is 0.00000338. The average molecular weight is 473 g/mol. The summed E-state index contributed by atoms with van der Waals surface area (Å²) in [5, 5.41) is 6.31. The first-order valence-electron chi connectivity index (χ1n) is 8.11. The van der Waals surface area contributed by atoms with Gasteiger partial charge in [0.25, 0.3) is 0 Å². The average Bonchev–Trinajstić information content (AvgIpc) is 2.64. The predicted octanol–water partition coefficient (Wildman–Crippen LogP) is 3.33. The van der Waals surface area contributed by atoms with Crippen LogP contribution in [0.5, 0.6) is 5.75 Å². The highest BCUT2D eigenvalue weighted by atomic mass is 127. The lowest BCUT2D eigenvalue weighted by Crippen LogP contribution is -2.36. The summed E-state index contributed by atoms with van der Waals surface area (Å²) >= 11 is 0. The van der Waals surface area contributed by atoms with Crippen molar-refractivity contribution in [3.8, 4) is 5.75 Å². The minimum absolute atomic E-state index is 0. The van der Waals surface area contributed by atoms with Gasteiger partial charge in [0.1, 0.15) is 18.2 Å². The minimum Gasteiger partial charge on any atom is -0.491 e. The van der Waals surface area contributed by atoms with Gasteiger partial charge in [0.05, 0.1) is 6.61 Å². The maximum atomic E-state index is 13.6. The number of aliphatic imine (C=N–C) groups is 1. The molecule has 0 unspecified atom stereocenters. The predicted molar refractivity (Wildman–Crippen MR) is 113 cm³/mol. The topological polar surface area (TPSA) is 54.9 Å². The van der Waals surface area contributed by atoms with Gasteiger partial charge in [-0.15, -0.1) is 24.0 Å². The van der Waals surface area contributed by atoms with Crippen LogP contribution in [0.1, 0.15) is 11.1 Å². The molecule has 0 aliphatic heterocycles. The van der Waals surface area contributed by atoms with Crippen molar-refractivity contribution in [1.82, 2.24) is 10.6 Å². The summed E-state index contributed by atoms with van der Waals surface area (Å²) in [5.74, 6) is 1.17. The number of rotatable bonds is 8. The van der Waals surface area contributed by atoms with Crippen LogP contribution in [-0.2, 0) is 17.8 Å². The van der Waals surface area contributed by atoms with E-state index in [1.54, 1.807) is 26.3 Å². The molecule has 0 spiro atoms. The first kappa shape index (κ1) is 22.2. The van der Waals surface area contributed by atoms with E-state index in [-0.39, 0.29) is 29.8 Å². The Hall–Kier alpha value is -1.87. The standard InChI is InChI=1S/C19H24FN3O2.HI/c1-21-19(23-14-16-7-3-4-9-18(16)20)22-13-15-6-5-8-17(12-15)25-11-10-24-2;/h3-9,12H,10-11,13-14H2,1-2H3,(H2,21,22,23);1H. The van der Waals surface area contributed by atoms with Crippen LogP contribution >= 0.6 is 24.0 Å². The summed E-state index contributed by atoms with van der Waals surface area (Å²) in [7, 11) is 3.32. The summed E-state index contributed by atoms with van der Waals surface area (Å²) in [6.45, 7) is 2.01. The normalized spacial score (nSPS) is 10.8. The van der Waals surface area contributed by atoms with Gasteiger partial charge in [-0.3, -0.25) is 4.99 Å². The van der Waals surface area contributed by atoms with Gasteiger partial charge in [-0.05, 0) is 23.8 Å². The molecule has 0 aliphatic rings. The third kappa shape index (κ3) is 7.57. The first-order chi connectivity index (χ1) is 12.2. The van der Waals surface area contributed by atoms with Crippen LogP contribution in [-0.4, -0.2) is 33.3 Å². The van der Waals surface area contributed by atoms with Crippen molar-refractivity contribution < 1.29 is 13.9 Å². The molecule has 0 bridgehead atoms. The number of nitrogens with one attached hydrogen (secondary N) is 2. The molecule has 2 rings (SSSR count). The Morgan fingerprint density at radius 2 is 1.81 bits per heavy atom. The highest BCUT2D eigenvalue weighted by Gasteiger charge is 2.03. The lowest BCUT2D eigenvalue weighted by atomic mass is 10.2. The van der Waals surface area contributed by atoms with Crippen LogP contribution in [0.4, 0.5) is 4.39 Å². The SMILES string of the molecule is CN=C(NCc1cccc(OCCOC)c1)NCc1ccccc1F.I. The third-order valence-electron chi connectivity index (χ3n) is 3.54. The van der Waals surface area contributed by atoms with Gasteiger partial charge in [-0.1, -0.05) is 30.3 Å². The van der Waals surface area contributed by atoms with Gasteiger partial charge in [0.15, 0.2) is 5.96 Å². The zero-order valence-corrected chi connectivity index (χ0v) is 17.3. The van der Waals surface area contributed by atoms with Gasteiger partial charge in [0, 0.05) is 32.8 Å². The van der Waals surface area contributed by atoms with Gasteiger partial charge < -0.3 is 20.1 Å².